The van der Waals surface area contributed by atoms with Crippen LogP contribution in [0.3, 0.4) is 0 Å². The Morgan fingerprint density at radius 1 is 1.21 bits per heavy atom. The lowest BCUT2D eigenvalue weighted by atomic mass is 9.79. The van der Waals surface area contributed by atoms with Crippen molar-refractivity contribution < 1.29 is 4.79 Å². The molecule has 2 fully saturated rings. The molecule has 0 amide bonds. The fourth-order valence-corrected chi connectivity index (χ4v) is 4.07. The second kappa shape index (κ2) is 4.69. The Morgan fingerprint density at radius 3 is 2.71 bits per heavy atom. The Hall–Kier alpha value is 0.0200. The van der Waals surface area contributed by atoms with Crippen molar-refractivity contribution in [3.05, 3.63) is 0 Å². The Morgan fingerprint density at radius 2 is 2.07 bits per heavy atom. The van der Waals surface area contributed by atoms with Gasteiger partial charge >= 0.3 is 0 Å². The average molecular weight is 212 g/mol. The molecule has 0 aromatic carbocycles. The van der Waals surface area contributed by atoms with Crippen molar-refractivity contribution >= 4 is 17.5 Å². The Bertz CT molecular complexity index is 208. The first kappa shape index (κ1) is 10.5. The summed E-state index contributed by atoms with van der Waals surface area (Å²) in [5.41, 5.74) is 0. The second-order valence-corrected chi connectivity index (χ2v) is 6.18. The van der Waals surface area contributed by atoms with E-state index in [4.69, 9.17) is 0 Å². The number of hydrogen-bond donors (Lipinski definition) is 0. The van der Waals surface area contributed by atoms with Crippen molar-refractivity contribution in [1.82, 2.24) is 0 Å². The van der Waals surface area contributed by atoms with Crippen LogP contribution < -0.4 is 0 Å². The summed E-state index contributed by atoms with van der Waals surface area (Å²) in [6.45, 7) is 2.29. The highest BCUT2D eigenvalue weighted by molar-refractivity contribution is 8.00. The van der Waals surface area contributed by atoms with E-state index in [1.165, 1.54) is 31.4 Å². The van der Waals surface area contributed by atoms with Gasteiger partial charge in [0.15, 0.2) is 0 Å². The van der Waals surface area contributed by atoms with Crippen molar-refractivity contribution in [2.75, 3.05) is 5.75 Å². The summed E-state index contributed by atoms with van der Waals surface area (Å²) in [6.07, 6.45) is 7.34. The fourth-order valence-electron chi connectivity index (χ4n) is 2.76. The van der Waals surface area contributed by atoms with E-state index in [1.807, 2.05) is 11.8 Å². The maximum Gasteiger partial charge on any atom is 0.148 e. The first-order chi connectivity index (χ1) is 6.77. The van der Waals surface area contributed by atoms with Crippen molar-refractivity contribution in [3.63, 3.8) is 0 Å². The number of carbonyl (C=O) groups excluding carboxylic acids is 1. The third-order valence-corrected chi connectivity index (χ3v) is 4.98. The van der Waals surface area contributed by atoms with Gasteiger partial charge in [0.25, 0.3) is 0 Å². The maximum atomic E-state index is 12.1. The van der Waals surface area contributed by atoms with Gasteiger partial charge < -0.3 is 0 Å². The van der Waals surface area contributed by atoms with E-state index in [1.54, 1.807) is 0 Å². The molecule has 80 valence electrons. The van der Waals surface area contributed by atoms with Crippen molar-refractivity contribution in [2.24, 2.45) is 11.8 Å². The second-order valence-electron chi connectivity index (χ2n) is 4.87. The monoisotopic (exact) mass is 212 g/mol. The van der Waals surface area contributed by atoms with E-state index in [0.29, 0.717) is 17.0 Å². The molecule has 14 heavy (non-hydrogen) atoms. The summed E-state index contributed by atoms with van der Waals surface area (Å²) in [5.74, 6) is 2.98. The molecular weight excluding hydrogens is 192 g/mol. The van der Waals surface area contributed by atoms with Gasteiger partial charge in [-0.05, 0) is 37.4 Å². The van der Waals surface area contributed by atoms with E-state index in [-0.39, 0.29) is 0 Å². The molecular formula is C12H20OS. The molecule has 1 aliphatic carbocycles. The number of rotatable bonds is 2. The molecule has 2 heteroatoms. The SMILES string of the molecule is CC1CCCC(C(=O)C2CCCS2)C1. The van der Waals surface area contributed by atoms with E-state index in [0.717, 1.165) is 18.8 Å². The van der Waals surface area contributed by atoms with E-state index >= 15 is 0 Å². The minimum Gasteiger partial charge on any atom is -0.298 e. The molecule has 0 bridgehead atoms. The number of Topliss-reactive ketones (excluding diaryl/α,β-unsaturated/α-hetero) is 1. The summed E-state index contributed by atoms with van der Waals surface area (Å²) in [4.78, 5) is 12.1. The zero-order valence-electron chi connectivity index (χ0n) is 9.00. The summed E-state index contributed by atoms with van der Waals surface area (Å²) < 4.78 is 0. The van der Waals surface area contributed by atoms with Crippen molar-refractivity contribution in [2.45, 2.75) is 50.7 Å². The third kappa shape index (κ3) is 2.33. The molecule has 0 radical (unpaired) electrons. The van der Waals surface area contributed by atoms with Crippen molar-refractivity contribution in [1.29, 1.82) is 0 Å². The van der Waals surface area contributed by atoms with E-state index < -0.39 is 0 Å². The first-order valence-corrected chi connectivity index (χ1v) is 6.97. The summed E-state index contributed by atoms with van der Waals surface area (Å²) >= 11 is 1.90. The lowest BCUT2D eigenvalue weighted by Crippen LogP contribution is -2.28. The summed E-state index contributed by atoms with van der Waals surface area (Å²) in [7, 11) is 0. The van der Waals surface area contributed by atoms with Gasteiger partial charge in [-0.25, -0.2) is 0 Å². The van der Waals surface area contributed by atoms with Gasteiger partial charge in [0.05, 0.1) is 5.25 Å². The molecule has 1 heterocycles. The van der Waals surface area contributed by atoms with Gasteiger partial charge in [-0.3, -0.25) is 4.79 Å². The summed E-state index contributed by atoms with van der Waals surface area (Å²) in [5, 5.41) is 0.366. The minimum atomic E-state index is 0.366. The topological polar surface area (TPSA) is 17.1 Å². The molecule has 0 spiro atoms. The normalized spacial score (nSPS) is 38.5. The number of thioether (sulfide) groups is 1. The lowest BCUT2D eigenvalue weighted by Gasteiger charge is -2.27. The molecule has 1 aliphatic heterocycles. The molecule has 0 N–H and O–H groups in total. The van der Waals surface area contributed by atoms with Gasteiger partial charge in [0, 0.05) is 5.92 Å². The smallest absolute Gasteiger partial charge is 0.148 e. The molecule has 2 aliphatic rings. The lowest BCUT2D eigenvalue weighted by molar-refractivity contribution is -0.123. The van der Waals surface area contributed by atoms with Crippen LogP contribution >= 0.6 is 11.8 Å². The average Bonchev–Trinajstić information content (AvgIpc) is 2.69. The Kier molecular flexibility index (Phi) is 3.53. The van der Waals surface area contributed by atoms with Crippen LogP contribution in [0.1, 0.15) is 45.4 Å². The largest absolute Gasteiger partial charge is 0.298 e. The van der Waals surface area contributed by atoms with Crippen LogP contribution in [0.15, 0.2) is 0 Å². The number of ketones is 1. The predicted octanol–water partition coefficient (Wildman–Crippen LogP) is 3.28. The van der Waals surface area contributed by atoms with Crippen LogP contribution in [0.4, 0.5) is 0 Å². The molecule has 3 atom stereocenters. The van der Waals surface area contributed by atoms with Crippen LogP contribution in [-0.4, -0.2) is 16.8 Å². The zero-order valence-corrected chi connectivity index (χ0v) is 9.81. The molecule has 1 nitrogen and oxygen atoms in total. The predicted molar refractivity (Wildman–Crippen MR) is 61.6 cm³/mol. The highest BCUT2D eigenvalue weighted by atomic mass is 32.2. The minimum absolute atomic E-state index is 0.366. The third-order valence-electron chi connectivity index (χ3n) is 3.59. The molecule has 0 aromatic rings. The summed E-state index contributed by atoms with van der Waals surface area (Å²) in [6, 6.07) is 0. The molecule has 1 saturated heterocycles. The first-order valence-electron chi connectivity index (χ1n) is 5.92. The maximum absolute atomic E-state index is 12.1. The van der Waals surface area contributed by atoms with Gasteiger partial charge in [-0.15, -0.1) is 0 Å². The zero-order chi connectivity index (χ0) is 9.97. The van der Waals surface area contributed by atoms with Crippen molar-refractivity contribution in [3.8, 4) is 0 Å². The Labute approximate surface area is 91.0 Å². The van der Waals surface area contributed by atoms with Crippen LogP contribution in [-0.2, 0) is 4.79 Å². The fraction of sp³-hybridized carbons (Fsp3) is 0.917. The highest BCUT2D eigenvalue weighted by Gasteiger charge is 2.32. The highest BCUT2D eigenvalue weighted by Crippen LogP contribution is 2.35. The molecule has 3 unspecified atom stereocenters. The van der Waals surface area contributed by atoms with Gasteiger partial charge in [-0.2, -0.15) is 11.8 Å². The molecule has 2 rings (SSSR count). The molecule has 0 aromatic heterocycles. The Balaban J connectivity index is 1.89. The quantitative estimate of drug-likeness (QED) is 0.699. The molecule has 1 saturated carbocycles. The van der Waals surface area contributed by atoms with Crippen LogP contribution in [0, 0.1) is 11.8 Å². The van der Waals surface area contributed by atoms with Crippen LogP contribution in [0.25, 0.3) is 0 Å². The van der Waals surface area contributed by atoms with Crippen LogP contribution in [0.5, 0.6) is 0 Å². The van der Waals surface area contributed by atoms with E-state index in [9.17, 15) is 4.79 Å². The number of carbonyl (C=O) groups is 1. The van der Waals surface area contributed by atoms with E-state index in [2.05, 4.69) is 6.92 Å². The van der Waals surface area contributed by atoms with Gasteiger partial charge in [-0.1, -0.05) is 19.8 Å². The van der Waals surface area contributed by atoms with Gasteiger partial charge in [0.1, 0.15) is 5.78 Å². The van der Waals surface area contributed by atoms with Crippen LogP contribution in [0.2, 0.25) is 0 Å². The standard InChI is InChI=1S/C12H20OS/c1-9-4-2-5-10(8-9)12(13)11-6-3-7-14-11/h9-11H,2-8H2,1H3. The van der Waals surface area contributed by atoms with Gasteiger partial charge in [0.2, 0.25) is 0 Å². The number of hydrogen-bond acceptors (Lipinski definition) is 2.